The van der Waals surface area contributed by atoms with Gasteiger partial charge in [-0.05, 0) is 23.8 Å². The Morgan fingerprint density at radius 3 is 1.88 bits per heavy atom. The van der Waals surface area contributed by atoms with Gasteiger partial charge in [-0.15, -0.1) is 0 Å². The second-order valence-electron chi connectivity index (χ2n) is 4.43. The molecule has 0 aliphatic carbocycles. The van der Waals surface area contributed by atoms with Crippen LogP contribution < -0.4 is 0 Å². The highest BCUT2D eigenvalue weighted by molar-refractivity contribution is 5.88. The Morgan fingerprint density at radius 1 is 0.960 bits per heavy atom. The fourth-order valence-corrected chi connectivity index (χ4v) is 1.58. The first-order chi connectivity index (χ1) is 11.7. The van der Waals surface area contributed by atoms with Gasteiger partial charge in [0.05, 0.1) is 22.0 Å². The van der Waals surface area contributed by atoms with Crippen molar-refractivity contribution in [1.82, 2.24) is 0 Å². The lowest BCUT2D eigenvalue weighted by Crippen LogP contribution is -1.99. The van der Waals surface area contributed by atoms with Crippen molar-refractivity contribution in [2.75, 3.05) is 0 Å². The summed E-state index contributed by atoms with van der Waals surface area (Å²) in [5.74, 6) is -3.27. The molecule has 0 fully saturated rings. The van der Waals surface area contributed by atoms with E-state index in [4.69, 9.17) is 10.2 Å². The summed E-state index contributed by atoms with van der Waals surface area (Å²) in [5.41, 5.74) is -1.43. The summed E-state index contributed by atoms with van der Waals surface area (Å²) in [4.78, 5) is 28.9. The molecule has 0 saturated heterocycles. The van der Waals surface area contributed by atoms with Crippen molar-refractivity contribution in [2.24, 2.45) is 0 Å². The molecule has 0 spiro atoms. The van der Waals surface area contributed by atoms with Gasteiger partial charge in [0.2, 0.25) is 11.6 Å². The van der Waals surface area contributed by atoms with Crippen LogP contribution in [0.25, 0.3) is 0 Å². The van der Waals surface area contributed by atoms with Crippen LogP contribution in [-0.2, 0) is 6.61 Å². The molecule has 0 saturated carbocycles. The van der Waals surface area contributed by atoms with Gasteiger partial charge in [0.15, 0.2) is 0 Å². The van der Waals surface area contributed by atoms with Crippen LogP contribution in [0.5, 0.6) is 0 Å². The molecule has 0 bridgehead atoms. The van der Waals surface area contributed by atoms with Crippen LogP contribution in [0, 0.1) is 31.9 Å². The third-order valence-corrected chi connectivity index (χ3v) is 2.78. The minimum absolute atomic E-state index is 0.312. The number of nitro groups is 2. The zero-order chi connectivity index (χ0) is 19.1. The van der Waals surface area contributed by atoms with Crippen LogP contribution >= 0.6 is 0 Å². The fourth-order valence-electron chi connectivity index (χ4n) is 1.58. The molecule has 0 aromatic heterocycles. The molecule has 0 aliphatic heterocycles. The topological polar surface area (TPSA) is 144 Å². The predicted octanol–water partition coefficient (Wildman–Crippen LogP) is 2.66. The molecule has 0 atom stereocenters. The molecular weight excluding hydrogens is 346 g/mol. The quantitative estimate of drug-likeness (QED) is 0.633. The first-order valence-corrected chi connectivity index (χ1v) is 6.38. The summed E-state index contributed by atoms with van der Waals surface area (Å²) in [6.07, 6.45) is 0. The number of carboxylic acid groups (broad SMARTS) is 1. The van der Waals surface area contributed by atoms with E-state index in [0.717, 1.165) is 24.3 Å². The summed E-state index contributed by atoms with van der Waals surface area (Å²) in [5, 5.41) is 37.4. The van der Waals surface area contributed by atoms with Gasteiger partial charge < -0.3 is 10.2 Å². The minimum Gasteiger partial charge on any atom is -0.478 e. The lowest BCUT2D eigenvalue weighted by Gasteiger charge is -1.96. The van der Waals surface area contributed by atoms with Gasteiger partial charge in [-0.25, -0.2) is 4.79 Å². The van der Waals surface area contributed by atoms with Crippen LogP contribution in [0.15, 0.2) is 36.4 Å². The number of aliphatic hydroxyl groups is 1. The molecule has 2 aromatic rings. The van der Waals surface area contributed by atoms with Gasteiger partial charge in [0.25, 0.3) is 0 Å². The summed E-state index contributed by atoms with van der Waals surface area (Å²) in [6.45, 7) is -0.332. The molecule has 0 heterocycles. The average Bonchev–Trinajstić information content (AvgIpc) is 2.55. The minimum atomic E-state index is -1.33. The maximum Gasteiger partial charge on any atom is 0.335 e. The van der Waals surface area contributed by atoms with E-state index in [-0.39, 0.29) is 12.2 Å². The molecule has 0 unspecified atom stereocenters. The van der Waals surface area contributed by atoms with Crippen molar-refractivity contribution in [3.63, 3.8) is 0 Å². The van der Waals surface area contributed by atoms with Gasteiger partial charge in [-0.3, -0.25) is 20.2 Å². The molecule has 0 aliphatic rings. The first kappa shape index (κ1) is 19.6. The SMILES string of the molecule is O=C(O)c1ccc(F)c([N+](=O)[O-])c1.O=[N+]([O-])c1cc(CO)ccc1F. The van der Waals surface area contributed by atoms with Crippen molar-refractivity contribution in [2.45, 2.75) is 6.61 Å². The summed E-state index contributed by atoms with van der Waals surface area (Å²) >= 11 is 0. The van der Waals surface area contributed by atoms with E-state index in [1.807, 2.05) is 0 Å². The van der Waals surface area contributed by atoms with Crippen LogP contribution in [0.3, 0.4) is 0 Å². The molecule has 2 aromatic carbocycles. The maximum atomic E-state index is 12.6. The molecular formula is C14H10F2N2O7. The van der Waals surface area contributed by atoms with Crippen LogP contribution in [-0.4, -0.2) is 26.0 Å². The van der Waals surface area contributed by atoms with Crippen LogP contribution in [0.2, 0.25) is 0 Å². The van der Waals surface area contributed by atoms with E-state index in [2.05, 4.69) is 0 Å². The predicted molar refractivity (Wildman–Crippen MR) is 79.0 cm³/mol. The van der Waals surface area contributed by atoms with Crippen LogP contribution in [0.1, 0.15) is 15.9 Å². The average molecular weight is 356 g/mol. The second kappa shape index (κ2) is 8.40. The third-order valence-electron chi connectivity index (χ3n) is 2.78. The van der Waals surface area contributed by atoms with E-state index in [1.165, 1.54) is 6.07 Å². The summed E-state index contributed by atoms with van der Waals surface area (Å²) in [6, 6.07) is 5.66. The number of halogens is 2. The van der Waals surface area contributed by atoms with E-state index in [0.29, 0.717) is 11.6 Å². The number of aliphatic hydroxyl groups excluding tert-OH is 1. The van der Waals surface area contributed by atoms with Crippen molar-refractivity contribution < 1.29 is 33.6 Å². The van der Waals surface area contributed by atoms with E-state index in [9.17, 15) is 33.8 Å². The van der Waals surface area contributed by atoms with Gasteiger partial charge in [-0.1, -0.05) is 6.07 Å². The largest absolute Gasteiger partial charge is 0.478 e. The molecule has 25 heavy (non-hydrogen) atoms. The lowest BCUT2D eigenvalue weighted by atomic mass is 10.2. The van der Waals surface area contributed by atoms with E-state index >= 15 is 0 Å². The Morgan fingerprint density at radius 2 is 1.44 bits per heavy atom. The Labute approximate surface area is 138 Å². The monoisotopic (exact) mass is 356 g/mol. The number of nitro benzene ring substituents is 2. The van der Waals surface area contributed by atoms with Gasteiger partial charge in [-0.2, -0.15) is 8.78 Å². The highest BCUT2D eigenvalue weighted by Gasteiger charge is 2.16. The number of rotatable bonds is 4. The van der Waals surface area contributed by atoms with E-state index in [1.54, 1.807) is 0 Å². The highest BCUT2D eigenvalue weighted by Crippen LogP contribution is 2.19. The number of carbonyl (C=O) groups is 1. The van der Waals surface area contributed by atoms with Gasteiger partial charge in [0, 0.05) is 12.1 Å². The Balaban J connectivity index is 0.000000251. The Kier molecular flexibility index (Phi) is 6.58. The Bertz CT molecular complexity index is 827. The summed E-state index contributed by atoms with van der Waals surface area (Å²) in [7, 11) is 0. The van der Waals surface area contributed by atoms with E-state index < -0.39 is 38.8 Å². The molecule has 2 N–H and O–H groups in total. The highest BCUT2D eigenvalue weighted by atomic mass is 19.1. The zero-order valence-electron chi connectivity index (χ0n) is 12.3. The molecule has 11 heteroatoms. The summed E-state index contributed by atoms with van der Waals surface area (Å²) < 4.78 is 25.3. The molecule has 0 amide bonds. The molecule has 0 radical (unpaired) electrons. The third kappa shape index (κ3) is 5.28. The number of aromatic carboxylic acids is 1. The van der Waals surface area contributed by atoms with Crippen molar-refractivity contribution >= 4 is 17.3 Å². The first-order valence-electron chi connectivity index (χ1n) is 6.38. The normalized spacial score (nSPS) is 9.72. The fraction of sp³-hybridized carbons (Fsp3) is 0.0714. The second-order valence-corrected chi connectivity index (χ2v) is 4.43. The number of hydrogen-bond donors (Lipinski definition) is 2. The maximum absolute atomic E-state index is 12.6. The zero-order valence-corrected chi connectivity index (χ0v) is 12.3. The van der Waals surface area contributed by atoms with Crippen LogP contribution in [0.4, 0.5) is 20.2 Å². The van der Waals surface area contributed by atoms with Crippen molar-refractivity contribution in [3.05, 3.63) is 79.4 Å². The number of carboxylic acids is 1. The van der Waals surface area contributed by atoms with Gasteiger partial charge >= 0.3 is 17.3 Å². The standard InChI is InChI=1S/C7H4FNO4.C7H6FNO3/c8-5-2-1-4(7(10)11)3-6(5)9(12)13;8-6-2-1-5(4-10)3-7(6)9(11)12/h1-3H,(H,10,11);1-3,10H,4H2. The number of benzene rings is 2. The molecule has 9 nitrogen and oxygen atoms in total. The van der Waals surface area contributed by atoms with Gasteiger partial charge in [0.1, 0.15) is 0 Å². The smallest absolute Gasteiger partial charge is 0.335 e. The number of hydrogen-bond acceptors (Lipinski definition) is 6. The molecule has 2 rings (SSSR count). The molecule has 132 valence electrons. The van der Waals surface area contributed by atoms with Crippen molar-refractivity contribution in [1.29, 1.82) is 0 Å². The van der Waals surface area contributed by atoms with Crippen molar-refractivity contribution in [3.8, 4) is 0 Å². The lowest BCUT2D eigenvalue weighted by molar-refractivity contribution is -0.387. The number of nitrogens with zero attached hydrogens (tertiary/aromatic N) is 2. The Hall–Kier alpha value is -3.47.